The van der Waals surface area contributed by atoms with Crippen molar-refractivity contribution >= 4 is 5.91 Å². The molecule has 222 valence electrons. The summed E-state index contributed by atoms with van der Waals surface area (Å²) in [6, 6.07) is 16.0. The van der Waals surface area contributed by atoms with Crippen LogP contribution >= 0.6 is 0 Å². The quantitative estimate of drug-likeness (QED) is 0.231. The minimum atomic E-state index is -0.821. The third-order valence-electron chi connectivity index (χ3n) is 8.20. The van der Waals surface area contributed by atoms with Crippen LogP contribution in [0, 0.1) is 11.8 Å². The average molecular weight is 573 g/mol. The van der Waals surface area contributed by atoms with Crippen LogP contribution in [-0.2, 0) is 22.4 Å². The Hall–Kier alpha value is -3.89. The molecule has 0 saturated heterocycles. The third kappa shape index (κ3) is 6.15. The lowest BCUT2D eigenvalue weighted by Crippen LogP contribution is -2.35. The van der Waals surface area contributed by atoms with Crippen molar-refractivity contribution in [2.24, 2.45) is 11.8 Å². The van der Waals surface area contributed by atoms with E-state index >= 15 is 0 Å². The van der Waals surface area contributed by atoms with Gasteiger partial charge in [0.1, 0.15) is 5.69 Å². The Labute approximate surface area is 246 Å². The smallest absolute Gasteiger partial charge is 0.335 e. The molecule has 1 aliphatic carbocycles. The highest BCUT2D eigenvalue weighted by atomic mass is 16.7. The van der Waals surface area contributed by atoms with Gasteiger partial charge in [-0.1, -0.05) is 81.6 Å². The van der Waals surface area contributed by atoms with Crippen molar-refractivity contribution in [3.8, 4) is 22.5 Å². The second-order valence-corrected chi connectivity index (χ2v) is 11.4. The number of nitrogens with zero attached hydrogens (tertiary/aromatic N) is 5. The van der Waals surface area contributed by atoms with Crippen molar-refractivity contribution in [2.45, 2.75) is 71.6 Å². The van der Waals surface area contributed by atoms with Gasteiger partial charge in [-0.3, -0.25) is 9.36 Å². The summed E-state index contributed by atoms with van der Waals surface area (Å²) in [4.78, 5) is 28.0. The van der Waals surface area contributed by atoms with Crippen LogP contribution in [0.25, 0.3) is 22.5 Å². The topological polar surface area (TPSA) is 117 Å². The predicted octanol–water partition coefficient (Wildman–Crippen LogP) is 5.65. The minimum Gasteiger partial charge on any atom is -0.350 e. The SMILES string of the molecule is COC(OC)c1c(CCC(C)C)n(Cc2ccc(-c3ccccc3-c3nnn[nH]3)cc2)c(=O)n1C(=O)C1CCCCC1. The molecule has 10 nitrogen and oxygen atoms in total. The Morgan fingerprint density at radius 1 is 1.00 bits per heavy atom. The molecule has 0 atom stereocenters. The zero-order valence-corrected chi connectivity index (χ0v) is 24.9. The first-order valence-corrected chi connectivity index (χ1v) is 14.8. The number of carbonyl (C=O) groups excluding carboxylic acids is 1. The fourth-order valence-corrected chi connectivity index (χ4v) is 5.95. The fraction of sp³-hybridized carbons (Fsp3) is 0.469. The maximum Gasteiger partial charge on any atom is 0.335 e. The highest BCUT2D eigenvalue weighted by Gasteiger charge is 2.33. The lowest BCUT2D eigenvalue weighted by atomic mass is 9.88. The number of tetrazole rings is 1. The van der Waals surface area contributed by atoms with E-state index in [1.807, 2.05) is 48.5 Å². The number of carbonyl (C=O) groups is 1. The molecule has 1 aliphatic rings. The number of nitrogens with one attached hydrogen (secondary N) is 1. The van der Waals surface area contributed by atoms with Gasteiger partial charge in [-0.2, -0.15) is 0 Å². The molecule has 42 heavy (non-hydrogen) atoms. The largest absolute Gasteiger partial charge is 0.350 e. The molecule has 10 heteroatoms. The summed E-state index contributed by atoms with van der Waals surface area (Å²) >= 11 is 0. The number of aromatic nitrogens is 6. The monoisotopic (exact) mass is 572 g/mol. The van der Waals surface area contributed by atoms with Crippen molar-refractivity contribution in [2.75, 3.05) is 14.2 Å². The van der Waals surface area contributed by atoms with Gasteiger partial charge in [0.05, 0.1) is 6.54 Å². The Bertz CT molecular complexity index is 1530. The van der Waals surface area contributed by atoms with E-state index in [-0.39, 0.29) is 17.5 Å². The molecule has 0 radical (unpaired) electrons. The number of imidazole rings is 1. The lowest BCUT2D eigenvalue weighted by Gasteiger charge is -2.23. The number of ether oxygens (including phenoxy) is 2. The summed E-state index contributed by atoms with van der Waals surface area (Å²) < 4.78 is 14.4. The molecule has 0 aliphatic heterocycles. The first-order valence-electron chi connectivity index (χ1n) is 14.8. The zero-order valence-electron chi connectivity index (χ0n) is 24.9. The van der Waals surface area contributed by atoms with Crippen molar-refractivity contribution in [3.63, 3.8) is 0 Å². The Morgan fingerprint density at radius 3 is 2.31 bits per heavy atom. The Morgan fingerprint density at radius 2 is 1.69 bits per heavy atom. The molecule has 1 saturated carbocycles. The van der Waals surface area contributed by atoms with E-state index in [0.717, 1.165) is 66.5 Å². The third-order valence-corrected chi connectivity index (χ3v) is 8.20. The molecule has 0 spiro atoms. The van der Waals surface area contributed by atoms with Gasteiger partial charge in [0.25, 0.3) is 0 Å². The zero-order chi connectivity index (χ0) is 29.6. The van der Waals surface area contributed by atoms with Crippen LogP contribution in [0.3, 0.4) is 0 Å². The molecule has 4 aromatic rings. The van der Waals surface area contributed by atoms with Crippen LogP contribution in [0.1, 0.15) is 80.4 Å². The van der Waals surface area contributed by atoms with E-state index in [1.165, 1.54) is 4.57 Å². The second-order valence-electron chi connectivity index (χ2n) is 11.4. The molecule has 0 unspecified atom stereocenters. The molecular weight excluding hydrogens is 532 g/mol. The summed E-state index contributed by atoms with van der Waals surface area (Å²) in [7, 11) is 3.09. The maximum atomic E-state index is 14.1. The van der Waals surface area contributed by atoms with E-state index in [0.29, 0.717) is 30.4 Å². The number of aromatic amines is 1. The van der Waals surface area contributed by atoms with Crippen LogP contribution in [-0.4, -0.2) is 49.9 Å². The number of hydrogen-bond donors (Lipinski definition) is 1. The van der Waals surface area contributed by atoms with Crippen molar-refractivity contribution in [1.29, 1.82) is 0 Å². The standard InChI is InChI=1S/C32H40N6O4/c1-21(2)14-19-27-28(31(41-3)42-4)38(30(39)24-10-6-5-7-11-24)32(40)37(27)20-22-15-17-23(18-16-22)25-12-8-9-13-26(25)29-33-35-36-34-29/h8-9,12-13,15-18,21,24,31H,5-7,10-11,14,19-20H2,1-4H3,(H,33,34,35,36). The van der Waals surface area contributed by atoms with Crippen LogP contribution in [0.2, 0.25) is 0 Å². The molecule has 1 N–H and O–H groups in total. The summed E-state index contributed by atoms with van der Waals surface area (Å²) in [6.45, 7) is 4.64. The van der Waals surface area contributed by atoms with Gasteiger partial charge in [-0.05, 0) is 58.7 Å². The number of methoxy groups -OCH3 is 2. The van der Waals surface area contributed by atoms with Crippen LogP contribution in [0.15, 0.2) is 53.3 Å². The maximum absolute atomic E-state index is 14.1. The van der Waals surface area contributed by atoms with Crippen molar-refractivity contribution < 1.29 is 14.3 Å². The van der Waals surface area contributed by atoms with Gasteiger partial charge in [0.15, 0.2) is 5.82 Å². The van der Waals surface area contributed by atoms with Crippen LogP contribution < -0.4 is 5.69 Å². The molecule has 2 aromatic carbocycles. The Balaban J connectivity index is 1.54. The number of benzene rings is 2. The summed E-state index contributed by atoms with van der Waals surface area (Å²) in [5.74, 6) is 0.698. The van der Waals surface area contributed by atoms with E-state index in [2.05, 4.69) is 34.5 Å². The highest BCUT2D eigenvalue weighted by Crippen LogP contribution is 2.31. The lowest BCUT2D eigenvalue weighted by molar-refractivity contribution is -0.110. The minimum absolute atomic E-state index is 0.146. The predicted molar refractivity (Wildman–Crippen MR) is 160 cm³/mol. The van der Waals surface area contributed by atoms with Crippen molar-refractivity contribution in [3.05, 3.63) is 76.0 Å². The number of H-pyrrole nitrogens is 1. The first-order chi connectivity index (χ1) is 20.4. The number of hydrogen-bond acceptors (Lipinski definition) is 7. The fourth-order valence-electron chi connectivity index (χ4n) is 5.95. The molecule has 0 bridgehead atoms. The van der Waals surface area contributed by atoms with Gasteiger partial charge in [0, 0.05) is 31.4 Å². The van der Waals surface area contributed by atoms with Gasteiger partial charge in [-0.15, -0.1) is 5.10 Å². The molecule has 0 amide bonds. The van der Waals surface area contributed by atoms with Gasteiger partial charge in [0.2, 0.25) is 12.2 Å². The van der Waals surface area contributed by atoms with Crippen LogP contribution in [0.4, 0.5) is 0 Å². The molecule has 1 fully saturated rings. The van der Waals surface area contributed by atoms with Gasteiger partial charge < -0.3 is 9.47 Å². The Kier molecular flexibility index (Phi) is 9.44. The molecular formula is C32H40N6O4. The molecule has 2 aromatic heterocycles. The van der Waals surface area contributed by atoms with E-state index in [1.54, 1.807) is 18.8 Å². The van der Waals surface area contributed by atoms with Crippen molar-refractivity contribution in [1.82, 2.24) is 29.8 Å². The first kappa shape index (κ1) is 29.6. The van der Waals surface area contributed by atoms with E-state index in [9.17, 15) is 9.59 Å². The average Bonchev–Trinajstić information content (AvgIpc) is 3.65. The highest BCUT2D eigenvalue weighted by molar-refractivity contribution is 5.82. The summed E-state index contributed by atoms with van der Waals surface area (Å²) in [5.41, 5.74) is 4.83. The number of rotatable bonds is 11. The summed E-state index contributed by atoms with van der Waals surface area (Å²) in [5, 5.41) is 14.3. The molecule has 5 rings (SSSR count). The molecule has 2 heterocycles. The van der Waals surface area contributed by atoms with E-state index < -0.39 is 6.29 Å². The summed E-state index contributed by atoms with van der Waals surface area (Å²) in [6.07, 6.45) is 5.40. The van der Waals surface area contributed by atoms with Gasteiger partial charge in [-0.25, -0.2) is 14.5 Å². The van der Waals surface area contributed by atoms with Gasteiger partial charge >= 0.3 is 5.69 Å². The normalized spacial score (nSPS) is 14.2. The second kappa shape index (κ2) is 13.4. The van der Waals surface area contributed by atoms with Crippen LogP contribution in [0.5, 0.6) is 0 Å². The van der Waals surface area contributed by atoms with E-state index in [4.69, 9.17) is 9.47 Å².